The van der Waals surface area contributed by atoms with Gasteiger partial charge in [0, 0.05) is 18.9 Å². The first-order chi connectivity index (χ1) is 7.29. The van der Waals surface area contributed by atoms with Crippen LogP contribution in [0.4, 0.5) is 0 Å². The maximum Gasteiger partial charge on any atom is 0.0851 e. The molecule has 0 N–H and O–H groups in total. The van der Waals surface area contributed by atoms with Crippen LogP contribution in [0.25, 0.3) is 0 Å². The van der Waals surface area contributed by atoms with E-state index < -0.39 is 0 Å². The van der Waals surface area contributed by atoms with Gasteiger partial charge < -0.3 is 4.90 Å². The van der Waals surface area contributed by atoms with Gasteiger partial charge in [-0.3, -0.25) is 4.98 Å². The molecule has 2 nitrogen and oxygen atoms in total. The number of hydrogen-bond donors (Lipinski definition) is 0. The minimum Gasteiger partial charge on any atom is -0.301 e. The van der Waals surface area contributed by atoms with Crippen LogP contribution in [0.3, 0.4) is 0 Å². The second-order valence-corrected chi connectivity index (χ2v) is 5.32. The molecule has 3 aliphatic rings. The molecule has 1 atom stereocenters. The summed E-state index contributed by atoms with van der Waals surface area (Å²) in [6.07, 6.45) is 6.17. The van der Waals surface area contributed by atoms with E-state index in [-0.39, 0.29) is 29.7 Å². The first-order valence-electron chi connectivity index (χ1n) is 5.61. The molecule has 0 amide bonds. The average molecular weight is 296 g/mol. The van der Waals surface area contributed by atoms with Gasteiger partial charge >= 0.3 is 0 Å². The summed E-state index contributed by atoms with van der Waals surface area (Å²) < 4.78 is 0. The van der Waals surface area contributed by atoms with Gasteiger partial charge in [-0.2, -0.15) is 0 Å². The van der Waals surface area contributed by atoms with E-state index in [1.54, 1.807) is 0 Å². The molecule has 96 valence electrons. The molecule has 3 saturated heterocycles. The van der Waals surface area contributed by atoms with Gasteiger partial charge in [0.05, 0.1) is 4.87 Å². The van der Waals surface area contributed by atoms with Crippen LogP contribution in [-0.2, 0) is 4.87 Å². The number of hydrogen-bond acceptors (Lipinski definition) is 2. The van der Waals surface area contributed by atoms with E-state index in [9.17, 15) is 0 Å². The summed E-state index contributed by atoms with van der Waals surface area (Å²) in [7, 11) is 0. The minimum absolute atomic E-state index is 0. The molecule has 0 aromatic carbocycles. The molecule has 1 aromatic rings. The van der Waals surface area contributed by atoms with Crippen molar-refractivity contribution in [3.05, 3.63) is 30.1 Å². The zero-order valence-electron chi connectivity index (χ0n) is 9.51. The van der Waals surface area contributed by atoms with Crippen molar-refractivity contribution >= 4 is 36.4 Å². The normalized spacial score (nSPS) is 34.6. The van der Waals surface area contributed by atoms with Gasteiger partial charge in [0.15, 0.2) is 0 Å². The van der Waals surface area contributed by atoms with E-state index in [1.807, 2.05) is 12.4 Å². The molecule has 0 spiro atoms. The summed E-state index contributed by atoms with van der Waals surface area (Å²) in [5.41, 5.74) is 1.24. The number of nitrogens with zero attached hydrogens (tertiary/aromatic N) is 2. The molecule has 1 aromatic heterocycles. The molecule has 1 unspecified atom stereocenters. The van der Waals surface area contributed by atoms with E-state index >= 15 is 0 Å². The zero-order valence-corrected chi connectivity index (χ0v) is 11.9. The molecule has 4 heterocycles. The van der Waals surface area contributed by atoms with Crippen molar-refractivity contribution in [2.75, 3.05) is 19.6 Å². The summed E-state index contributed by atoms with van der Waals surface area (Å²) in [6, 6.07) is 4.13. The van der Waals surface area contributed by atoms with E-state index in [0.717, 1.165) is 6.54 Å². The molecule has 17 heavy (non-hydrogen) atoms. The van der Waals surface area contributed by atoms with E-state index in [2.05, 4.69) is 22.0 Å². The Morgan fingerprint density at radius 1 is 1.18 bits per heavy atom. The van der Waals surface area contributed by atoms with Gasteiger partial charge in [-0.15, -0.1) is 36.4 Å². The lowest BCUT2D eigenvalue weighted by atomic mass is 9.75. The molecular weight excluding hydrogens is 279 g/mol. The highest BCUT2D eigenvalue weighted by atomic mass is 35.5. The molecule has 5 heteroatoms. The third kappa shape index (κ3) is 2.55. The maximum atomic E-state index is 6.83. The zero-order chi connectivity index (χ0) is 10.3. The maximum absolute atomic E-state index is 6.83. The van der Waals surface area contributed by atoms with Crippen molar-refractivity contribution in [3.63, 3.8) is 0 Å². The highest BCUT2D eigenvalue weighted by Crippen LogP contribution is 2.47. The fourth-order valence-corrected chi connectivity index (χ4v) is 3.47. The molecule has 4 rings (SSSR count). The van der Waals surface area contributed by atoms with Gasteiger partial charge in [-0.25, -0.2) is 0 Å². The lowest BCUT2D eigenvalue weighted by Crippen LogP contribution is -2.54. The number of fused-ring (bicyclic) bond motifs is 3. The Morgan fingerprint density at radius 3 is 2.24 bits per heavy atom. The largest absolute Gasteiger partial charge is 0.301 e. The van der Waals surface area contributed by atoms with Crippen LogP contribution in [0.5, 0.6) is 0 Å². The van der Waals surface area contributed by atoms with Gasteiger partial charge in [-0.05, 0) is 49.5 Å². The Labute approximate surface area is 120 Å². The highest BCUT2D eigenvalue weighted by molar-refractivity contribution is 6.24. The first kappa shape index (κ1) is 15.0. The third-order valence-electron chi connectivity index (χ3n) is 3.85. The van der Waals surface area contributed by atoms with Gasteiger partial charge in [-0.1, -0.05) is 0 Å². The molecule has 0 radical (unpaired) electrons. The van der Waals surface area contributed by atoms with Crippen LogP contribution in [-0.4, -0.2) is 29.5 Å². The van der Waals surface area contributed by atoms with E-state index in [1.165, 1.54) is 31.5 Å². The Hall–Kier alpha value is -0.0200. The van der Waals surface area contributed by atoms with Crippen molar-refractivity contribution in [1.82, 2.24) is 9.88 Å². The number of piperidine rings is 3. The van der Waals surface area contributed by atoms with Crippen molar-refractivity contribution < 1.29 is 0 Å². The number of halogens is 3. The topological polar surface area (TPSA) is 16.1 Å². The van der Waals surface area contributed by atoms with E-state index in [4.69, 9.17) is 11.6 Å². The monoisotopic (exact) mass is 294 g/mol. The SMILES string of the molecule is Cl.Cl.ClC1(c2ccncc2)CN2CCC1CC2. The molecular formula is C12H17Cl3N2. The lowest BCUT2D eigenvalue weighted by Gasteiger charge is -2.50. The second-order valence-electron chi connectivity index (χ2n) is 4.65. The average Bonchev–Trinajstić information content (AvgIpc) is 2.31. The predicted molar refractivity (Wildman–Crippen MR) is 75.4 cm³/mol. The Bertz CT molecular complexity index is 352. The van der Waals surface area contributed by atoms with Crippen LogP contribution < -0.4 is 0 Å². The van der Waals surface area contributed by atoms with Crippen LogP contribution >= 0.6 is 36.4 Å². The van der Waals surface area contributed by atoms with Gasteiger partial charge in [0.1, 0.15) is 0 Å². The van der Waals surface area contributed by atoms with Crippen molar-refractivity contribution in [2.24, 2.45) is 5.92 Å². The first-order valence-corrected chi connectivity index (χ1v) is 5.98. The number of aromatic nitrogens is 1. The predicted octanol–water partition coefficient (Wildman–Crippen LogP) is 3.08. The minimum atomic E-state index is -0.153. The number of alkyl halides is 1. The second kappa shape index (κ2) is 5.75. The molecule has 0 aliphatic carbocycles. The number of rotatable bonds is 1. The van der Waals surface area contributed by atoms with Crippen molar-refractivity contribution in [1.29, 1.82) is 0 Å². The van der Waals surface area contributed by atoms with Crippen LogP contribution in [0, 0.1) is 5.92 Å². The van der Waals surface area contributed by atoms with Crippen molar-refractivity contribution in [2.45, 2.75) is 17.7 Å². The van der Waals surface area contributed by atoms with Gasteiger partial charge in [0.25, 0.3) is 0 Å². The van der Waals surface area contributed by atoms with Crippen molar-refractivity contribution in [3.8, 4) is 0 Å². The fraction of sp³-hybridized carbons (Fsp3) is 0.583. The summed E-state index contributed by atoms with van der Waals surface area (Å²) in [5.74, 6) is 0.645. The third-order valence-corrected chi connectivity index (χ3v) is 4.49. The molecule has 3 fully saturated rings. The van der Waals surface area contributed by atoms with Crippen LogP contribution in [0.15, 0.2) is 24.5 Å². The molecule has 3 aliphatic heterocycles. The molecule has 2 bridgehead atoms. The quantitative estimate of drug-likeness (QED) is 0.740. The van der Waals surface area contributed by atoms with Crippen LogP contribution in [0.1, 0.15) is 18.4 Å². The Morgan fingerprint density at radius 2 is 1.76 bits per heavy atom. The van der Waals surface area contributed by atoms with Crippen LogP contribution in [0.2, 0.25) is 0 Å². The summed E-state index contributed by atoms with van der Waals surface area (Å²) >= 11 is 6.83. The summed E-state index contributed by atoms with van der Waals surface area (Å²) in [4.78, 5) is 6.39. The summed E-state index contributed by atoms with van der Waals surface area (Å²) in [5, 5.41) is 0. The van der Waals surface area contributed by atoms with E-state index in [0.29, 0.717) is 5.92 Å². The Balaban J connectivity index is 0.000000722. The smallest absolute Gasteiger partial charge is 0.0851 e. The highest BCUT2D eigenvalue weighted by Gasteiger charge is 2.46. The summed E-state index contributed by atoms with van der Waals surface area (Å²) in [6.45, 7) is 3.46. The fourth-order valence-electron chi connectivity index (χ4n) is 2.96. The van der Waals surface area contributed by atoms with Gasteiger partial charge in [0.2, 0.25) is 0 Å². The molecule has 0 saturated carbocycles. The Kier molecular flexibility index (Phi) is 5.08. The standard InChI is InChI=1S/C12H15ClN2.2ClH/c13-12(10-1-5-14-6-2-10)9-15-7-3-11(12)4-8-15;;/h1-2,5-6,11H,3-4,7-9H2;2*1H. The lowest BCUT2D eigenvalue weighted by molar-refractivity contribution is 0.0665. The number of pyridine rings is 1.